The van der Waals surface area contributed by atoms with Crippen LogP contribution in [0.3, 0.4) is 0 Å². The van der Waals surface area contributed by atoms with E-state index in [-0.39, 0.29) is 0 Å². The number of azo groups is 2. The van der Waals surface area contributed by atoms with E-state index in [1.165, 1.54) is 0 Å². The highest BCUT2D eigenvalue weighted by atomic mass is 32.2. The van der Waals surface area contributed by atoms with E-state index >= 15 is 0 Å². The van der Waals surface area contributed by atoms with Crippen LogP contribution in [0.25, 0.3) is 0 Å². The molecule has 0 saturated carbocycles. The number of nitrogens with zero attached hydrogens (tertiary/aromatic N) is 6. The highest BCUT2D eigenvalue weighted by Crippen LogP contribution is 2.23. The second-order valence-corrected chi connectivity index (χ2v) is 7.39. The summed E-state index contributed by atoms with van der Waals surface area (Å²) in [5.41, 5.74) is 2.73. The predicted molar refractivity (Wildman–Crippen MR) is 119 cm³/mol. The second kappa shape index (κ2) is 11.3. The summed E-state index contributed by atoms with van der Waals surface area (Å²) in [7, 11) is 0. The first-order chi connectivity index (χ1) is 14.8. The fraction of sp³-hybridized carbons (Fsp3) is 0. The molecule has 0 atom stereocenters. The zero-order chi connectivity index (χ0) is 21.0. The topological polar surface area (TPSA) is 97.0 Å². The van der Waals surface area contributed by atoms with Gasteiger partial charge in [-0.25, -0.2) is 0 Å². The Labute approximate surface area is 182 Å². The Morgan fingerprint density at radius 1 is 0.567 bits per heavy atom. The van der Waals surface area contributed by atoms with Crippen molar-refractivity contribution in [2.24, 2.45) is 20.5 Å². The Bertz CT molecular complexity index is 1050. The first-order valence-electron chi connectivity index (χ1n) is 8.69. The van der Waals surface area contributed by atoms with Crippen molar-refractivity contribution in [3.05, 3.63) is 96.4 Å². The molecule has 0 aromatic heterocycles. The van der Waals surface area contributed by atoms with Crippen molar-refractivity contribution in [3.63, 3.8) is 0 Å². The minimum atomic E-state index is 0.667. The van der Waals surface area contributed by atoms with Crippen LogP contribution in [0.2, 0.25) is 0 Å². The van der Waals surface area contributed by atoms with Gasteiger partial charge in [0, 0.05) is 9.79 Å². The van der Waals surface area contributed by atoms with Crippen LogP contribution in [0.4, 0.5) is 11.4 Å². The van der Waals surface area contributed by atoms with Crippen LogP contribution in [-0.4, -0.2) is 0 Å². The zero-order valence-corrected chi connectivity index (χ0v) is 17.2. The maximum Gasteiger partial charge on any atom is 0.138 e. The number of nitriles is 2. The van der Waals surface area contributed by atoms with E-state index in [1.54, 1.807) is 0 Å². The fourth-order valence-electron chi connectivity index (χ4n) is 2.22. The molecule has 0 N–H and O–H groups in total. The van der Waals surface area contributed by atoms with Gasteiger partial charge in [-0.3, -0.25) is 0 Å². The molecule has 1 aliphatic rings. The number of thiocyanates is 2. The monoisotopic (exact) mass is 426 g/mol. The van der Waals surface area contributed by atoms with Crippen molar-refractivity contribution in [2.45, 2.75) is 9.79 Å². The Hall–Kier alpha value is -3.72. The Morgan fingerprint density at radius 2 is 0.967 bits per heavy atom. The molecule has 0 radical (unpaired) electrons. The van der Waals surface area contributed by atoms with Crippen LogP contribution in [0.1, 0.15) is 0 Å². The number of hydrogen-bond donors (Lipinski definition) is 0. The van der Waals surface area contributed by atoms with E-state index in [0.717, 1.165) is 33.3 Å². The minimum absolute atomic E-state index is 0.667. The molecular weight excluding hydrogens is 412 g/mol. The second-order valence-electron chi connectivity index (χ2n) is 5.68. The molecule has 1 aliphatic carbocycles. The van der Waals surface area contributed by atoms with Crippen LogP contribution >= 0.6 is 23.5 Å². The molecule has 144 valence electrons. The lowest BCUT2D eigenvalue weighted by Crippen LogP contribution is -1.77. The molecule has 30 heavy (non-hydrogen) atoms. The third-order valence-electron chi connectivity index (χ3n) is 3.63. The molecule has 6 nitrogen and oxygen atoms in total. The highest BCUT2D eigenvalue weighted by Gasteiger charge is 1.97. The van der Waals surface area contributed by atoms with Gasteiger partial charge in [0.05, 0.1) is 22.8 Å². The van der Waals surface area contributed by atoms with Crippen molar-refractivity contribution in [1.29, 1.82) is 10.5 Å². The quantitative estimate of drug-likeness (QED) is 0.270. The molecule has 0 fully saturated rings. The number of rotatable bonds is 6. The van der Waals surface area contributed by atoms with Gasteiger partial charge in [0.25, 0.3) is 0 Å². The van der Waals surface area contributed by atoms with Crippen molar-refractivity contribution in [3.8, 4) is 10.8 Å². The van der Waals surface area contributed by atoms with Crippen LogP contribution in [0, 0.1) is 21.3 Å². The average molecular weight is 427 g/mol. The van der Waals surface area contributed by atoms with E-state index in [4.69, 9.17) is 10.5 Å². The molecule has 0 bridgehead atoms. The molecule has 0 amide bonds. The van der Waals surface area contributed by atoms with E-state index in [2.05, 4.69) is 20.5 Å². The molecule has 0 unspecified atom stereocenters. The van der Waals surface area contributed by atoms with Gasteiger partial charge < -0.3 is 0 Å². The van der Waals surface area contributed by atoms with E-state index in [0.29, 0.717) is 22.8 Å². The Kier molecular flexibility index (Phi) is 7.93. The molecule has 8 heteroatoms. The summed E-state index contributed by atoms with van der Waals surface area (Å²) in [4.78, 5) is 1.73. The summed E-state index contributed by atoms with van der Waals surface area (Å²) in [6, 6.07) is 14.6. The van der Waals surface area contributed by atoms with E-state index < -0.39 is 0 Å². The van der Waals surface area contributed by atoms with Crippen LogP contribution < -0.4 is 0 Å². The number of benzene rings is 2. The normalized spacial score (nSPS) is 19.0. The SMILES string of the molecule is N#CSc1ccc(N=NC2=C/C=C(N=Nc3ccc(SC#N)cc3)\C=C/C=C\2)cc1. The zero-order valence-electron chi connectivity index (χ0n) is 15.6. The van der Waals surface area contributed by atoms with Gasteiger partial charge in [0.15, 0.2) is 0 Å². The maximum absolute atomic E-state index is 8.69. The Morgan fingerprint density at radius 3 is 1.33 bits per heavy atom. The smallest absolute Gasteiger partial charge is 0.138 e. The molecule has 0 aliphatic heterocycles. The van der Waals surface area contributed by atoms with Gasteiger partial charge in [-0.15, -0.1) is 0 Å². The van der Waals surface area contributed by atoms with Crippen molar-refractivity contribution >= 4 is 34.9 Å². The summed E-state index contributed by atoms with van der Waals surface area (Å²) in [5.74, 6) is 0. The van der Waals surface area contributed by atoms with E-state index in [1.807, 2.05) is 95.8 Å². The molecule has 2 aromatic carbocycles. The lowest BCUT2D eigenvalue weighted by Gasteiger charge is -1.98. The summed E-state index contributed by atoms with van der Waals surface area (Å²) in [6.07, 6.45) is 11.0. The summed E-state index contributed by atoms with van der Waals surface area (Å²) in [6.45, 7) is 0. The average Bonchev–Trinajstić information content (AvgIpc) is 2.75. The molecule has 0 saturated heterocycles. The molecular formula is C22H14N6S2. The van der Waals surface area contributed by atoms with Crippen molar-refractivity contribution in [2.75, 3.05) is 0 Å². The minimum Gasteiger partial charge on any atom is -0.185 e. The third-order valence-corrected chi connectivity index (χ3v) is 4.83. The van der Waals surface area contributed by atoms with Gasteiger partial charge in [-0.2, -0.15) is 31.0 Å². The number of thioether (sulfide) groups is 2. The third kappa shape index (κ3) is 6.71. The highest BCUT2D eigenvalue weighted by molar-refractivity contribution is 8.04. The maximum atomic E-state index is 8.69. The molecule has 0 heterocycles. The van der Waals surface area contributed by atoms with Crippen LogP contribution in [0.5, 0.6) is 0 Å². The number of allylic oxidation sites excluding steroid dienone is 6. The van der Waals surface area contributed by atoms with Gasteiger partial charge >= 0.3 is 0 Å². The summed E-state index contributed by atoms with van der Waals surface area (Å²) in [5, 5.41) is 38.4. The first kappa shape index (κ1) is 21.0. The summed E-state index contributed by atoms with van der Waals surface area (Å²) < 4.78 is 0. The lowest BCUT2D eigenvalue weighted by molar-refractivity contribution is 1.15. The van der Waals surface area contributed by atoms with Gasteiger partial charge in [-0.1, -0.05) is 12.2 Å². The Balaban J connectivity index is 1.69. The standard InChI is InChI=1S/C22H14N6S2/c23-15-29-21-11-7-19(8-12-21)27-25-17-3-1-2-4-18(6-5-17)26-28-20-9-13-22(14-10-20)30-16-24/h1-14H/b2-1?,3-1-,4-2-,6-5?,17-3?,17-5+,18-4?,18-6+,27-25?,28-26?. The van der Waals surface area contributed by atoms with Gasteiger partial charge in [0.2, 0.25) is 0 Å². The molecule has 3 rings (SSSR count). The lowest BCUT2D eigenvalue weighted by atomic mass is 10.2. The molecule has 0 spiro atoms. The fourth-order valence-corrected chi connectivity index (χ4v) is 2.98. The largest absolute Gasteiger partial charge is 0.185 e. The van der Waals surface area contributed by atoms with Crippen LogP contribution in [-0.2, 0) is 0 Å². The molecule has 2 aromatic rings. The van der Waals surface area contributed by atoms with E-state index in [9.17, 15) is 0 Å². The summed E-state index contributed by atoms with van der Waals surface area (Å²) >= 11 is 2.21. The number of hydrogen-bond acceptors (Lipinski definition) is 8. The van der Waals surface area contributed by atoms with Gasteiger partial charge in [-0.05, 0) is 96.4 Å². The van der Waals surface area contributed by atoms with Gasteiger partial charge in [0.1, 0.15) is 10.8 Å². The van der Waals surface area contributed by atoms with Crippen molar-refractivity contribution < 1.29 is 0 Å². The van der Waals surface area contributed by atoms with Crippen LogP contribution in [0.15, 0.2) is 127 Å². The van der Waals surface area contributed by atoms with Crippen molar-refractivity contribution in [1.82, 2.24) is 0 Å². The first-order valence-corrected chi connectivity index (χ1v) is 10.3. The predicted octanol–water partition coefficient (Wildman–Crippen LogP) is 7.59.